The van der Waals surface area contributed by atoms with E-state index in [0.29, 0.717) is 5.92 Å². The Morgan fingerprint density at radius 2 is 1.94 bits per heavy atom. The number of thioether (sulfide) groups is 1. The molecule has 0 fully saturated rings. The van der Waals surface area contributed by atoms with Crippen LogP contribution in [0.5, 0.6) is 0 Å². The molecular weight excluding hydrogens is 212 g/mol. The molecule has 0 amide bonds. The molecule has 0 aliphatic heterocycles. The maximum absolute atomic E-state index is 2.29. The zero-order valence-corrected chi connectivity index (χ0v) is 11.4. The molecule has 88 valence electrons. The van der Waals surface area contributed by atoms with Gasteiger partial charge in [0.05, 0.1) is 0 Å². The summed E-state index contributed by atoms with van der Waals surface area (Å²) in [6.45, 7) is 6.59. The molecule has 0 N–H and O–H groups in total. The largest absolute Gasteiger partial charge is 0.126 e. The normalized spacial score (nSPS) is 13.2. The van der Waals surface area contributed by atoms with E-state index in [1.807, 2.05) is 11.8 Å². The molecule has 0 saturated carbocycles. The van der Waals surface area contributed by atoms with Gasteiger partial charge in [-0.15, -0.1) is 11.8 Å². The topological polar surface area (TPSA) is 0 Å². The first kappa shape index (κ1) is 13.4. The molecule has 1 heteroatoms. The van der Waals surface area contributed by atoms with E-state index in [9.17, 15) is 0 Å². The predicted molar refractivity (Wildman–Crippen MR) is 75.3 cm³/mol. The number of hydrogen-bond donors (Lipinski definition) is 0. The van der Waals surface area contributed by atoms with Crippen LogP contribution in [-0.2, 0) is 0 Å². The molecule has 1 atom stereocenters. The minimum Gasteiger partial charge on any atom is -0.126 e. The first-order valence-electron chi connectivity index (χ1n) is 6.11. The summed E-state index contributed by atoms with van der Waals surface area (Å²) < 4.78 is 0. The van der Waals surface area contributed by atoms with E-state index in [2.05, 4.69) is 57.2 Å². The summed E-state index contributed by atoms with van der Waals surface area (Å²) in [6.07, 6.45) is 6.74. The molecule has 0 spiro atoms. The van der Waals surface area contributed by atoms with E-state index in [1.165, 1.54) is 22.6 Å². The summed E-state index contributed by atoms with van der Waals surface area (Å²) in [6, 6.07) is 9.04. The van der Waals surface area contributed by atoms with Gasteiger partial charge in [0.25, 0.3) is 0 Å². The second-order valence-corrected chi connectivity index (χ2v) is 5.29. The fourth-order valence-corrected chi connectivity index (χ4v) is 2.36. The monoisotopic (exact) mass is 234 g/mol. The average molecular weight is 234 g/mol. The van der Waals surface area contributed by atoms with Gasteiger partial charge < -0.3 is 0 Å². The van der Waals surface area contributed by atoms with Gasteiger partial charge in [0.15, 0.2) is 0 Å². The molecule has 0 radical (unpaired) electrons. The van der Waals surface area contributed by atoms with Crippen LogP contribution in [0.25, 0.3) is 0 Å². The van der Waals surface area contributed by atoms with E-state index in [1.54, 1.807) is 0 Å². The van der Waals surface area contributed by atoms with Crippen LogP contribution in [-0.4, -0.2) is 5.75 Å². The molecule has 0 heterocycles. The molecule has 0 saturated heterocycles. The van der Waals surface area contributed by atoms with Gasteiger partial charge >= 0.3 is 0 Å². The van der Waals surface area contributed by atoms with E-state index in [0.717, 1.165) is 6.42 Å². The Labute approximate surface area is 104 Å². The maximum Gasteiger partial charge on any atom is 0.00721 e. The summed E-state index contributed by atoms with van der Waals surface area (Å²) in [5.41, 5.74) is 1.44. The molecule has 0 nitrogen and oxygen atoms in total. The van der Waals surface area contributed by atoms with Gasteiger partial charge in [-0.05, 0) is 49.1 Å². The van der Waals surface area contributed by atoms with Crippen molar-refractivity contribution in [3.05, 3.63) is 42.0 Å². The van der Waals surface area contributed by atoms with E-state index in [-0.39, 0.29) is 0 Å². The fourth-order valence-electron chi connectivity index (χ4n) is 1.59. The Balaban J connectivity index is 2.56. The van der Waals surface area contributed by atoms with Crippen molar-refractivity contribution in [2.24, 2.45) is 0 Å². The van der Waals surface area contributed by atoms with Crippen LogP contribution >= 0.6 is 11.8 Å². The summed E-state index contributed by atoms with van der Waals surface area (Å²) in [5.74, 6) is 1.84. The average Bonchev–Trinajstić information content (AvgIpc) is 2.34. The van der Waals surface area contributed by atoms with Gasteiger partial charge in [0.2, 0.25) is 0 Å². The van der Waals surface area contributed by atoms with Gasteiger partial charge in [-0.2, -0.15) is 0 Å². The molecule has 1 aromatic carbocycles. The number of rotatable bonds is 6. The zero-order chi connectivity index (χ0) is 11.8. The Hall–Kier alpha value is -0.690. The van der Waals surface area contributed by atoms with Crippen LogP contribution in [0.1, 0.15) is 45.1 Å². The predicted octanol–water partition coefficient (Wildman–Crippen LogP) is 5.26. The first-order chi connectivity index (χ1) is 7.77. The molecule has 1 aromatic rings. The SMILES string of the molecule is C/C=C\CC(C)c1ccc(SCCC)cc1. The van der Waals surface area contributed by atoms with Crippen LogP contribution in [0.4, 0.5) is 0 Å². The standard InChI is InChI=1S/C15H22S/c1-4-6-7-13(3)14-8-10-15(11-9-14)16-12-5-2/h4,6,8-11,13H,5,7,12H2,1-3H3/b6-4-. The zero-order valence-electron chi connectivity index (χ0n) is 10.6. The molecule has 0 bridgehead atoms. The molecule has 1 unspecified atom stereocenters. The minimum absolute atomic E-state index is 0.626. The Bertz CT molecular complexity index is 311. The highest BCUT2D eigenvalue weighted by Crippen LogP contribution is 2.24. The van der Waals surface area contributed by atoms with E-state index < -0.39 is 0 Å². The lowest BCUT2D eigenvalue weighted by Crippen LogP contribution is -1.91. The highest BCUT2D eigenvalue weighted by Gasteiger charge is 2.03. The molecule has 0 aliphatic rings. The highest BCUT2D eigenvalue weighted by atomic mass is 32.2. The van der Waals surface area contributed by atoms with Crippen LogP contribution < -0.4 is 0 Å². The number of allylic oxidation sites excluding steroid dienone is 2. The molecule has 16 heavy (non-hydrogen) atoms. The van der Waals surface area contributed by atoms with Crippen molar-refractivity contribution in [1.29, 1.82) is 0 Å². The van der Waals surface area contributed by atoms with Gasteiger partial charge in [-0.25, -0.2) is 0 Å². The van der Waals surface area contributed by atoms with E-state index in [4.69, 9.17) is 0 Å². The third-order valence-electron chi connectivity index (χ3n) is 2.65. The quantitative estimate of drug-likeness (QED) is 0.478. The lowest BCUT2D eigenvalue weighted by molar-refractivity contribution is 0.779. The molecule has 1 rings (SSSR count). The van der Waals surface area contributed by atoms with Gasteiger partial charge in [-0.1, -0.05) is 38.1 Å². The summed E-state index contributed by atoms with van der Waals surface area (Å²) in [5, 5.41) is 0. The van der Waals surface area contributed by atoms with Crippen molar-refractivity contribution in [2.75, 3.05) is 5.75 Å². The third-order valence-corrected chi connectivity index (χ3v) is 3.87. The summed E-state index contributed by atoms with van der Waals surface area (Å²) in [7, 11) is 0. The maximum atomic E-state index is 2.29. The first-order valence-corrected chi connectivity index (χ1v) is 7.10. The van der Waals surface area contributed by atoms with Crippen molar-refractivity contribution >= 4 is 11.8 Å². The Kier molecular flexibility index (Phi) is 6.32. The molecule has 0 aliphatic carbocycles. The summed E-state index contributed by atoms with van der Waals surface area (Å²) in [4.78, 5) is 1.39. The van der Waals surface area contributed by atoms with Crippen molar-refractivity contribution in [3.8, 4) is 0 Å². The molecular formula is C15H22S. The van der Waals surface area contributed by atoms with Crippen LogP contribution in [0.2, 0.25) is 0 Å². The smallest absolute Gasteiger partial charge is 0.00721 e. The van der Waals surface area contributed by atoms with Crippen LogP contribution in [0, 0.1) is 0 Å². The number of benzene rings is 1. The fraction of sp³-hybridized carbons (Fsp3) is 0.467. The van der Waals surface area contributed by atoms with Gasteiger partial charge in [0.1, 0.15) is 0 Å². The minimum atomic E-state index is 0.626. The van der Waals surface area contributed by atoms with Crippen LogP contribution in [0.15, 0.2) is 41.3 Å². The van der Waals surface area contributed by atoms with E-state index >= 15 is 0 Å². The van der Waals surface area contributed by atoms with Crippen molar-refractivity contribution in [1.82, 2.24) is 0 Å². The Morgan fingerprint density at radius 1 is 1.25 bits per heavy atom. The lowest BCUT2D eigenvalue weighted by atomic mass is 9.98. The highest BCUT2D eigenvalue weighted by molar-refractivity contribution is 7.99. The van der Waals surface area contributed by atoms with Crippen molar-refractivity contribution < 1.29 is 0 Å². The molecule has 0 aromatic heterocycles. The summed E-state index contributed by atoms with van der Waals surface area (Å²) >= 11 is 1.94. The second-order valence-electron chi connectivity index (χ2n) is 4.12. The lowest BCUT2D eigenvalue weighted by Gasteiger charge is -2.10. The van der Waals surface area contributed by atoms with Crippen molar-refractivity contribution in [3.63, 3.8) is 0 Å². The van der Waals surface area contributed by atoms with Crippen molar-refractivity contribution in [2.45, 2.75) is 44.4 Å². The second kappa shape index (κ2) is 7.56. The Morgan fingerprint density at radius 3 is 2.50 bits per heavy atom. The number of hydrogen-bond acceptors (Lipinski definition) is 1. The van der Waals surface area contributed by atoms with Gasteiger partial charge in [-0.3, -0.25) is 0 Å². The van der Waals surface area contributed by atoms with Crippen LogP contribution in [0.3, 0.4) is 0 Å². The van der Waals surface area contributed by atoms with Gasteiger partial charge in [0, 0.05) is 4.90 Å². The third kappa shape index (κ3) is 4.44.